The smallest absolute Gasteiger partial charge is 0.204 e. The van der Waals surface area contributed by atoms with E-state index in [9.17, 15) is 0 Å². The average Bonchev–Trinajstić information content (AvgIpc) is 3.26. The Morgan fingerprint density at radius 1 is 1.10 bits per heavy atom. The van der Waals surface area contributed by atoms with Crippen LogP contribution in [-0.4, -0.2) is 89.1 Å². The van der Waals surface area contributed by atoms with Crippen molar-refractivity contribution in [2.24, 2.45) is 0 Å². The lowest BCUT2D eigenvalue weighted by molar-refractivity contribution is -0.0571. The Balaban J connectivity index is 1.23. The fourth-order valence-electron chi connectivity index (χ4n) is 4.25. The average molecular weight is 401 g/mol. The summed E-state index contributed by atoms with van der Waals surface area (Å²) in [5, 5.41) is 12.8. The molecule has 1 unspecified atom stereocenters. The molecule has 0 spiro atoms. The Morgan fingerprint density at radius 3 is 2.72 bits per heavy atom. The third kappa shape index (κ3) is 5.60. The fourth-order valence-corrected chi connectivity index (χ4v) is 4.25. The SMILES string of the molecule is COCCn1nnc(C2CN(C3CCN(CCc4ccccc4)CC3)CCO2)n1. The Labute approximate surface area is 172 Å². The standard InChI is InChI=1S/C21H32N6O2/c1-28-15-14-27-23-21(22-24-27)20-17-26(13-16-29-20)19-8-11-25(12-9-19)10-7-18-5-3-2-4-6-18/h2-6,19-20H,7-17H2,1H3. The number of nitrogens with zero attached hydrogens (tertiary/aromatic N) is 6. The number of hydrogen-bond donors (Lipinski definition) is 0. The van der Waals surface area contributed by atoms with Gasteiger partial charge in [0.05, 0.1) is 19.8 Å². The first-order valence-electron chi connectivity index (χ1n) is 10.7. The molecule has 0 N–H and O–H groups in total. The highest BCUT2D eigenvalue weighted by Crippen LogP contribution is 2.24. The van der Waals surface area contributed by atoms with Gasteiger partial charge in [0.2, 0.25) is 5.82 Å². The number of tetrazole rings is 1. The van der Waals surface area contributed by atoms with Crippen molar-refractivity contribution in [1.29, 1.82) is 0 Å². The molecule has 2 aliphatic heterocycles. The van der Waals surface area contributed by atoms with E-state index in [4.69, 9.17) is 9.47 Å². The van der Waals surface area contributed by atoms with Crippen LogP contribution in [-0.2, 0) is 22.4 Å². The van der Waals surface area contributed by atoms with Gasteiger partial charge in [0.15, 0.2) is 0 Å². The molecule has 1 aromatic carbocycles. The summed E-state index contributed by atoms with van der Waals surface area (Å²) in [4.78, 5) is 6.76. The summed E-state index contributed by atoms with van der Waals surface area (Å²) in [6.45, 7) is 7.25. The van der Waals surface area contributed by atoms with E-state index in [1.54, 1.807) is 11.9 Å². The lowest BCUT2D eigenvalue weighted by Gasteiger charge is -2.41. The first-order chi connectivity index (χ1) is 14.3. The molecule has 2 aromatic rings. The van der Waals surface area contributed by atoms with Gasteiger partial charge in [-0.1, -0.05) is 30.3 Å². The molecule has 4 rings (SSSR count). The van der Waals surface area contributed by atoms with Crippen LogP contribution in [0.3, 0.4) is 0 Å². The molecule has 1 aromatic heterocycles. The van der Waals surface area contributed by atoms with Crippen LogP contribution in [0.2, 0.25) is 0 Å². The number of rotatable bonds is 8. The number of likely N-dealkylation sites (tertiary alicyclic amines) is 1. The molecule has 0 amide bonds. The van der Waals surface area contributed by atoms with Crippen LogP contribution in [0.4, 0.5) is 0 Å². The molecule has 2 fully saturated rings. The van der Waals surface area contributed by atoms with Crippen LogP contribution in [0.1, 0.15) is 30.3 Å². The molecule has 3 heterocycles. The normalized spacial score (nSPS) is 22.2. The van der Waals surface area contributed by atoms with Crippen LogP contribution in [0.15, 0.2) is 30.3 Å². The Morgan fingerprint density at radius 2 is 1.93 bits per heavy atom. The Hall–Kier alpha value is -1.87. The van der Waals surface area contributed by atoms with Gasteiger partial charge in [0, 0.05) is 32.8 Å². The summed E-state index contributed by atoms with van der Waals surface area (Å²) in [6.07, 6.45) is 3.48. The summed E-state index contributed by atoms with van der Waals surface area (Å²) in [7, 11) is 1.67. The van der Waals surface area contributed by atoms with Gasteiger partial charge in [-0.15, -0.1) is 10.2 Å². The monoisotopic (exact) mass is 400 g/mol. The van der Waals surface area contributed by atoms with Gasteiger partial charge in [0.25, 0.3) is 0 Å². The molecule has 2 saturated heterocycles. The number of ether oxygens (including phenoxy) is 2. The van der Waals surface area contributed by atoms with Crippen molar-refractivity contribution in [2.75, 3.05) is 53.0 Å². The van der Waals surface area contributed by atoms with E-state index in [0.717, 1.165) is 32.7 Å². The quantitative estimate of drug-likeness (QED) is 0.663. The second-order valence-corrected chi connectivity index (χ2v) is 7.90. The van der Waals surface area contributed by atoms with Gasteiger partial charge < -0.3 is 14.4 Å². The van der Waals surface area contributed by atoms with E-state index in [1.165, 1.54) is 31.5 Å². The second kappa shape index (κ2) is 10.2. The molecule has 29 heavy (non-hydrogen) atoms. The molecule has 0 saturated carbocycles. The number of benzene rings is 1. The van der Waals surface area contributed by atoms with E-state index < -0.39 is 0 Å². The molecule has 0 aliphatic carbocycles. The van der Waals surface area contributed by atoms with Gasteiger partial charge in [-0.25, -0.2) is 0 Å². The van der Waals surface area contributed by atoms with Crippen molar-refractivity contribution in [1.82, 2.24) is 30.0 Å². The van der Waals surface area contributed by atoms with Gasteiger partial charge in [0.1, 0.15) is 6.10 Å². The highest BCUT2D eigenvalue weighted by atomic mass is 16.5. The van der Waals surface area contributed by atoms with Gasteiger partial charge in [-0.2, -0.15) is 4.80 Å². The minimum Gasteiger partial charge on any atom is -0.383 e. The predicted octanol–water partition coefficient (Wildman–Crippen LogP) is 1.40. The summed E-state index contributed by atoms with van der Waals surface area (Å²) in [5.74, 6) is 0.686. The lowest BCUT2D eigenvalue weighted by atomic mass is 10.0. The highest BCUT2D eigenvalue weighted by molar-refractivity contribution is 5.14. The van der Waals surface area contributed by atoms with Gasteiger partial charge in [-0.3, -0.25) is 4.90 Å². The molecule has 8 nitrogen and oxygen atoms in total. The van der Waals surface area contributed by atoms with Crippen molar-refractivity contribution in [2.45, 2.75) is 38.0 Å². The van der Waals surface area contributed by atoms with Crippen LogP contribution < -0.4 is 0 Å². The number of aromatic nitrogens is 4. The maximum Gasteiger partial charge on any atom is 0.204 e. The topological polar surface area (TPSA) is 68.5 Å². The third-order valence-corrected chi connectivity index (χ3v) is 5.98. The molecule has 8 heteroatoms. The van der Waals surface area contributed by atoms with E-state index in [2.05, 4.69) is 55.5 Å². The summed E-state index contributed by atoms with van der Waals surface area (Å²) in [6, 6.07) is 11.4. The van der Waals surface area contributed by atoms with Crippen LogP contribution in [0, 0.1) is 0 Å². The first-order valence-corrected chi connectivity index (χ1v) is 10.7. The number of methoxy groups -OCH3 is 1. The Kier molecular flexibility index (Phi) is 7.21. The van der Waals surface area contributed by atoms with E-state index in [0.29, 0.717) is 25.0 Å². The molecule has 0 bridgehead atoms. The van der Waals surface area contributed by atoms with Crippen molar-refractivity contribution in [3.63, 3.8) is 0 Å². The molecular weight excluding hydrogens is 368 g/mol. The molecule has 0 radical (unpaired) electrons. The van der Waals surface area contributed by atoms with Crippen LogP contribution in [0.25, 0.3) is 0 Å². The molecule has 2 aliphatic rings. The predicted molar refractivity (Wildman–Crippen MR) is 110 cm³/mol. The number of morpholine rings is 1. The number of hydrogen-bond acceptors (Lipinski definition) is 7. The zero-order chi connectivity index (χ0) is 19.9. The molecule has 1 atom stereocenters. The van der Waals surface area contributed by atoms with E-state index in [1.807, 2.05) is 0 Å². The minimum absolute atomic E-state index is 0.0869. The minimum atomic E-state index is -0.0869. The zero-order valence-corrected chi connectivity index (χ0v) is 17.3. The number of piperidine rings is 1. The first kappa shape index (κ1) is 20.4. The lowest BCUT2D eigenvalue weighted by Crippen LogP contribution is -2.50. The van der Waals surface area contributed by atoms with Crippen molar-refractivity contribution >= 4 is 0 Å². The summed E-state index contributed by atoms with van der Waals surface area (Å²) in [5.41, 5.74) is 1.43. The fraction of sp³-hybridized carbons (Fsp3) is 0.667. The zero-order valence-electron chi connectivity index (χ0n) is 17.3. The van der Waals surface area contributed by atoms with Crippen molar-refractivity contribution in [3.05, 3.63) is 41.7 Å². The van der Waals surface area contributed by atoms with Gasteiger partial charge in [-0.05, 0) is 43.1 Å². The maximum atomic E-state index is 5.95. The third-order valence-electron chi connectivity index (χ3n) is 5.98. The molecular formula is C21H32N6O2. The van der Waals surface area contributed by atoms with Crippen LogP contribution in [0.5, 0.6) is 0 Å². The summed E-state index contributed by atoms with van der Waals surface area (Å²) < 4.78 is 11.0. The molecule has 158 valence electrons. The summed E-state index contributed by atoms with van der Waals surface area (Å²) >= 11 is 0. The largest absolute Gasteiger partial charge is 0.383 e. The van der Waals surface area contributed by atoms with E-state index in [-0.39, 0.29) is 6.10 Å². The van der Waals surface area contributed by atoms with Crippen LogP contribution >= 0.6 is 0 Å². The highest BCUT2D eigenvalue weighted by Gasteiger charge is 2.31. The second-order valence-electron chi connectivity index (χ2n) is 7.90. The van der Waals surface area contributed by atoms with Crippen molar-refractivity contribution in [3.8, 4) is 0 Å². The Bertz CT molecular complexity index is 732. The van der Waals surface area contributed by atoms with E-state index >= 15 is 0 Å². The van der Waals surface area contributed by atoms with Gasteiger partial charge >= 0.3 is 0 Å². The maximum absolute atomic E-state index is 5.95. The van der Waals surface area contributed by atoms with Crippen molar-refractivity contribution < 1.29 is 9.47 Å².